The van der Waals surface area contributed by atoms with Crippen LogP contribution < -0.4 is 15.4 Å². The highest BCUT2D eigenvalue weighted by Gasteiger charge is 2.26. The third-order valence-electron chi connectivity index (χ3n) is 4.89. The van der Waals surface area contributed by atoms with Gasteiger partial charge < -0.3 is 10.6 Å². The maximum absolute atomic E-state index is 12.4. The third-order valence-corrected chi connectivity index (χ3v) is 6.06. The van der Waals surface area contributed by atoms with Crippen molar-refractivity contribution in [1.82, 2.24) is 10.0 Å². The average Bonchev–Trinajstić information content (AvgIpc) is 3.22. The summed E-state index contributed by atoms with van der Waals surface area (Å²) >= 11 is 0. The average molecular weight is 391 g/mol. The second-order valence-corrected chi connectivity index (χ2v) is 8.96. The maximum atomic E-state index is 12.4. The number of urea groups is 1. The van der Waals surface area contributed by atoms with E-state index in [2.05, 4.69) is 16.7 Å². The molecule has 0 saturated carbocycles. The van der Waals surface area contributed by atoms with Gasteiger partial charge in [-0.3, -0.25) is 5.41 Å². The van der Waals surface area contributed by atoms with E-state index in [4.69, 9.17) is 5.41 Å². The van der Waals surface area contributed by atoms with Crippen LogP contribution in [0.15, 0.2) is 18.3 Å². The van der Waals surface area contributed by atoms with Crippen molar-refractivity contribution in [3.63, 3.8) is 0 Å². The number of anilines is 1. The summed E-state index contributed by atoms with van der Waals surface area (Å²) in [5, 5.41) is 12.7. The summed E-state index contributed by atoms with van der Waals surface area (Å²) in [7, 11) is -4.21. The van der Waals surface area contributed by atoms with Crippen molar-refractivity contribution in [3.05, 3.63) is 40.6 Å². The highest BCUT2D eigenvalue weighted by atomic mass is 32.2. The molecule has 0 radical (unpaired) electrons. The van der Waals surface area contributed by atoms with E-state index in [1.165, 1.54) is 17.3 Å². The zero-order chi connectivity index (χ0) is 19.6. The van der Waals surface area contributed by atoms with E-state index in [1.54, 1.807) is 0 Å². The molecule has 0 spiro atoms. The first-order valence-corrected chi connectivity index (χ1v) is 10.8. The molecule has 8 heteroatoms. The van der Waals surface area contributed by atoms with Crippen LogP contribution in [-0.4, -0.2) is 25.5 Å². The fourth-order valence-electron chi connectivity index (χ4n) is 3.69. The van der Waals surface area contributed by atoms with Crippen molar-refractivity contribution in [2.45, 2.75) is 58.4 Å². The van der Waals surface area contributed by atoms with E-state index in [1.807, 2.05) is 18.6 Å². The molecule has 1 aromatic carbocycles. The van der Waals surface area contributed by atoms with E-state index >= 15 is 0 Å². The molecule has 27 heavy (non-hydrogen) atoms. The molecule has 2 aliphatic carbocycles. The fourth-order valence-corrected chi connectivity index (χ4v) is 4.34. The van der Waals surface area contributed by atoms with E-state index in [0.717, 1.165) is 61.4 Å². The van der Waals surface area contributed by atoms with Crippen LogP contribution in [0.5, 0.6) is 0 Å². The van der Waals surface area contributed by atoms with Crippen LogP contribution >= 0.6 is 0 Å². The fraction of sp³-hybridized carbons (Fsp3) is 0.474. The Morgan fingerprint density at radius 1 is 1.11 bits per heavy atom. The lowest BCUT2D eigenvalue weighted by Gasteiger charge is -2.16. The van der Waals surface area contributed by atoms with Gasteiger partial charge in [-0.05, 0) is 86.9 Å². The second-order valence-electron chi connectivity index (χ2n) is 7.31. The molecule has 146 valence electrons. The van der Waals surface area contributed by atoms with Crippen LogP contribution in [0, 0.1) is 5.41 Å². The number of sulfonamides is 1. The Bertz CT molecular complexity index is 872. The first-order chi connectivity index (χ1) is 12.8. The minimum Gasteiger partial charge on any atom is -0.389 e. The molecule has 0 saturated heterocycles. The van der Waals surface area contributed by atoms with Gasteiger partial charge in [0.1, 0.15) is 0 Å². The number of amides is 2. The lowest BCUT2D eigenvalue weighted by atomic mass is 9.99. The van der Waals surface area contributed by atoms with Crippen molar-refractivity contribution in [1.29, 1.82) is 5.41 Å². The van der Waals surface area contributed by atoms with E-state index in [0.29, 0.717) is 0 Å². The Labute approximate surface area is 160 Å². The van der Waals surface area contributed by atoms with Crippen LogP contribution in [0.2, 0.25) is 0 Å². The number of rotatable bonds is 4. The molecule has 0 atom stereocenters. The lowest BCUT2D eigenvalue weighted by Crippen LogP contribution is -2.38. The van der Waals surface area contributed by atoms with Gasteiger partial charge in [0.25, 0.3) is 10.0 Å². The summed E-state index contributed by atoms with van der Waals surface area (Å²) in [6.45, 7) is 3.79. The molecule has 0 unspecified atom stereocenters. The normalized spacial score (nSPS) is 15.7. The van der Waals surface area contributed by atoms with Crippen LogP contribution in [0.4, 0.5) is 10.5 Å². The number of aryl methyl sites for hydroxylation is 2. The first kappa shape index (κ1) is 19.4. The van der Waals surface area contributed by atoms with Crippen LogP contribution in [0.1, 0.15) is 48.9 Å². The van der Waals surface area contributed by atoms with Gasteiger partial charge >= 0.3 is 6.03 Å². The van der Waals surface area contributed by atoms with Crippen molar-refractivity contribution in [3.8, 4) is 0 Å². The summed E-state index contributed by atoms with van der Waals surface area (Å²) < 4.78 is 26.3. The van der Waals surface area contributed by atoms with Gasteiger partial charge in [-0.2, -0.15) is 8.42 Å². The molecule has 1 aromatic rings. The zero-order valence-corrected chi connectivity index (χ0v) is 16.5. The lowest BCUT2D eigenvalue weighted by molar-refractivity contribution is 0.256. The standard InChI is InChI=1S/C19H26N4O3S/c1-12(2)21-10-9-17(20)27(25,26)23-19(24)22-18-15-7-3-5-13(15)11-14-6-4-8-16(14)18/h9-12,20-21H,3-8H2,1-2H3,(H2,22,23,24)/b10-9-,20-17?. The van der Waals surface area contributed by atoms with Crippen LogP contribution in [0.25, 0.3) is 0 Å². The Balaban J connectivity index is 1.73. The van der Waals surface area contributed by atoms with Gasteiger partial charge in [-0.15, -0.1) is 0 Å². The molecular weight excluding hydrogens is 364 g/mol. The molecule has 3 rings (SSSR count). The van der Waals surface area contributed by atoms with E-state index < -0.39 is 21.1 Å². The summed E-state index contributed by atoms with van der Waals surface area (Å²) in [5.41, 5.74) is 5.53. The maximum Gasteiger partial charge on any atom is 0.333 e. The SMILES string of the molecule is CC(C)N/C=C\C(=N)S(=O)(=O)NC(=O)Nc1c2c(cc3c1CCC3)CCC2. The van der Waals surface area contributed by atoms with Crippen molar-refractivity contribution in [2.75, 3.05) is 5.32 Å². The molecule has 0 bridgehead atoms. The minimum atomic E-state index is -4.21. The van der Waals surface area contributed by atoms with Gasteiger partial charge in [-0.25, -0.2) is 9.52 Å². The molecule has 4 N–H and O–H groups in total. The van der Waals surface area contributed by atoms with Gasteiger partial charge in [-0.1, -0.05) is 6.07 Å². The molecule has 7 nitrogen and oxygen atoms in total. The number of hydrogen-bond donors (Lipinski definition) is 4. The Morgan fingerprint density at radius 3 is 2.26 bits per heavy atom. The molecule has 0 fully saturated rings. The molecule has 0 aromatic heterocycles. The second kappa shape index (κ2) is 7.72. The smallest absolute Gasteiger partial charge is 0.333 e. The van der Waals surface area contributed by atoms with E-state index in [-0.39, 0.29) is 6.04 Å². The predicted molar refractivity (Wildman–Crippen MR) is 107 cm³/mol. The highest BCUT2D eigenvalue weighted by Crippen LogP contribution is 2.38. The first-order valence-electron chi connectivity index (χ1n) is 9.29. The number of benzene rings is 1. The van der Waals surface area contributed by atoms with Gasteiger partial charge in [0.2, 0.25) is 0 Å². The van der Waals surface area contributed by atoms with Crippen molar-refractivity contribution >= 4 is 26.8 Å². The number of fused-ring (bicyclic) bond motifs is 2. The van der Waals surface area contributed by atoms with Gasteiger partial charge in [0.05, 0.1) is 0 Å². The monoisotopic (exact) mass is 390 g/mol. The molecular formula is C19H26N4O3S. The minimum absolute atomic E-state index is 0.121. The van der Waals surface area contributed by atoms with Crippen molar-refractivity contribution < 1.29 is 13.2 Å². The number of nitrogens with one attached hydrogen (secondary N) is 4. The Morgan fingerprint density at radius 2 is 1.70 bits per heavy atom. The number of carbonyl (C=O) groups is 1. The summed E-state index contributed by atoms with van der Waals surface area (Å²) in [5.74, 6) is 0. The number of hydrogen-bond acceptors (Lipinski definition) is 5. The summed E-state index contributed by atoms with van der Waals surface area (Å²) in [4.78, 5) is 12.4. The zero-order valence-electron chi connectivity index (χ0n) is 15.7. The molecule has 2 aliphatic rings. The van der Waals surface area contributed by atoms with Crippen LogP contribution in [0.3, 0.4) is 0 Å². The van der Waals surface area contributed by atoms with Crippen molar-refractivity contribution in [2.24, 2.45) is 0 Å². The van der Waals surface area contributed by atoms with Crippen LogP contribution in [-0.2, 0) is 35.7 Å². The molecule has 2 amide bonds. The summed E-state index contributed by atoms with van der Waals surface area (Å²) in [6.07, 6.45) is 8.38. The Kier molecular flexibility index (Phi) is 5.55. The van der Waals surface area contributed by atoms with Gasteiger partial charge in [0.15, 0.2) is 5.04 Å². The number of carbonyl (C=O) groups excluding carboxylic acids is 1. The quantitative estimate of drug-likeness (QED) is 0.468. The molecule has 0 aliphatic heterocycles. The third kappa shape index (κ3) is 4.32. The Hall–Kier alpha value is -2.35. The van der Waals surface area contributed by atoms with Gasteiger partial charge in [0, 0.05) is 11.7 Å². The molecule has 0 heterocycles. The highest BCUT2D eigenvalue weighted by molar-refractivity contribution is 8.05. The predicted octanol–water partition coefficient (Wildman–Crippen LogP) is 2.60. The summed E-state index contributed by atoms with van der Waals surface area (Å²) in [6, 6.07) is 1.54. The topological polar surface area (TPSA) is 111 Å². The largest absolute Gasteiger partial charge is 0.389 e. The van der Waals surface area contributed by atoms with E-state index in [9.17, 15) is 13.2 Å².